The van der Waals surface area contributed by atoms with Crippen molar-refractivity contribution in [3.05, 3.63) is 28.8 Å². The topological polar surface area (TPSA) is 86.8 Å². The third kappa shape index (κ3) is 4.36. The molecule has 0 unspecified atom stereocenters. The molecule has 0 aromatic heterocycles. The summed E-state index contributed by atoms with van der Waals surface area (Å²) in [6, 6.07) is 5.25. The van der Waals surface area contributed by atoms with Crippen LogP contribution in [0.15, 0.2) is 18.2 Å². The summed E-state index contributed by atoms with van der Waals surface area (Å²) >= 11 is 6.29. The zero-order valence-corrected chi connectivity index (χ0v) is 19.4. The predicted octanol–water partition coefficient (Wildman–Crippen LogP) is 2.85. The number of rotatable bonds is 6. The van der Waals surface area contributed by atoms with E-state index >= 15 is 0 Å². The number of hydrogen-bond acceptors (Lipinski definition) is 4. The van der Waals surface area contributed by atoms with Gasteiger partial charge in [0.1, 0.15) is 5.54 Å². The Morgan fingerprint density at radius 1 is 1.30 bits per heavy atom. The van der Waals surface area contributed by atoms with E-state index < -0.39 is 21.5 Å². The number of piperazine rings is 1. The molecule has 2 amide bonds. The van der Waals surface area contributed by atoms with Crippen molar-refractivity contribution in [2.45, 2.75) is 64.5 Å². The smallest absolute Gasteiger partial charge is 0.247 e. The number of benzene rings is 1. The molecule has 1 saturated heterocycles. The SMILES string of the molecule is CCCS(=O)(=O)N1CC(=O)N(c2cccc(Cl)c2C)[C@@](C)(C(=O)NC2CCCC2)C1. The number of nitrogens with one attached hydrogen (secondary N) is 1. The monoisotopic (exact) mass is 455 g/mol. The van der Waals surface area contributed by atoms with Crippen molar-refractivity contribution < 1.29 is 18.0 Å². The van der Waals surface area contributed by atoms with Crippen molar-refractivity contribution in [1.29, 1.82) is 0 Å². The van der Waals surface area contributed by atoms with Gasteiger partial charge in [0.2, 0.25) is 21.8 Å². The minimum absolute atomic E-state index is 0.0503. The molecule has 2 aliphatic rings. The van der Waals surface area contributed by atoms with Gasteiger partial charge in [-0.15, -0.1) is 0 Å². The number of nitrogens with zero attached hydrogens (tertiary/aromatic N) is 2. The van der Waals surface area contributed by atoms with Gasteiger partial charge in [-0.05, 0) is 50.8 Å². The van der Waals surface area contributed by atoms with Crippen LogP contribution < -0.4 is 10.2 Å². The van der Waals surface area contributed by atoms with E-state index in [4.69, 9.17) is 11.6 Å². The predicted molar refractivity (Wildman–Crippen MR) is 118 cm³/mol. The van der Waals surface area contributed by atoms with E-state index in [9.17, 15) is 18.0 Å². The van der Waals surface area contributed by atoms with Crippen LogP contribution in [0, 0.1) is 6.92 Å². The summed E-state index contributed by atoms with van der Waals surface area (Å²) in [4.78, 5) is 28.2. The summed E-state index contributed by atoms with van der Waals surface area (Å²) in [6.07, 6.45) is 4.33. The van der Waals surface area contributed by atoms with Crippen LogP contribution in [0.4, 0.5) is 5.69 Å². The lowest BCUT2D eigenvalue weighted by atomic mass is 9.93. The molecule has 3 rings (SSSR count). The molecule has 2 fully saturated rings. The van der Waals surface area contributed by atoms with Crippen LogP contribution in [-0.2, 0) is 19.6 Å². The van der Waals surface area contributed by atoms with Gasteiger partial charge in [0.05, 0.1) is 12.3 Å². The Hall–Kier alpha value is -1.64. The molecule has 1 saturated carbocycles. The molecule has 1 atom stereocenters. The summed E-state index contributed by atoms with van der Waals surface area (Å²) in [7, 11) is -3.64. The molecule has 1 aromatic carbocycles. The Labute approximate surface area is 183 Å². The maximum Gasteiger partial charge on any atom is 0.247 e. The molecule has 1 N–H and O–H groups in total. The first kappa shape index (κ1) is 23.0. The molecule has 0 spiro atoms. The second-order valence-electron chi connectivity index (χ2n) is 8.43. The first-order valence-electron chi connectivity index (χ1n) is 10.5. The molecule has 166 valence electrons. The number of carbonyl (C=O) groups is 2. The molecular formula is C21H30ClN3O4S. The van der Waals surface area contributed by atoms with Crippen molar-refractivity contribution in [2.75, 3.05) is 23.7 Å². The maximum atomic E-state index is 13.5. The van der Waals surface area contributed by atoms with E-state index in [-0.39, 0.29) is 30.8 Å². The van der Waals surface area contributed by atoms with Gasteiger partial charge in [-0.3, -0.25) is 14.5 Å². The fraction of sp³-hybridized carbons (Fsp3) is 0.619. The highest BCUT2D eigenvalue weighted by atomic mass is 35.5. The highest BCUT2D eigenvalue weighted by molar-refractivity contribution is 7.89. The molecule has 0 radical (unpaired) electrons. The second-order valence-corrected chi connectivity index (χ2v) is 10.9. The Morgan fingerprint density at radius 3 is 2.60 bits per heavy atom. The third-order valence-electron chi connectivity index (χ3n) is 6.05. The molecule has 30 heavy (non-hydrogen) atoms. The fourth-order valence-corrected chi connectivity index (χ4v) is 6.07. The molecule has 1 heterocycles. The highest BCUT2D eigenvalue weighted by Crippen LogP contribution is 2.35. The fourth-order valence-electron chi connectivity index (χ4n) is 4.37. The van der Waals surface area contributed by atoms with E-state index in [0.717, 1.165) is 30.0 Å². The van der Waals surface area contributed by atoms with Gasteiger partial charge in [-0.25, -0.2) is 8.42 Å². The summed E-state index contributed by atoms with van der Waals surface area (Å²) in [6.45, 7) is 4.83. The van der Waals surface area contributed by atoms with Crippen LogP contribution in [0.2, 0.25) is 5.02 Å². The first-order valence-corrected chi connectivity index (χ1v) is 12.5. The number of amides is 2. The Balaban J connectivity index is 2.04. The summed E-state index contributed by atoms with van der Waals surface area (Å²) < 4.78 is 26.7. The molecule has 1 aromatic rings. The van der Waals surface area contributed by atoms with Crippen LogP contribution in [0.1, 0.15) is 51.5 Å². The minimum Gasteiger partial charge on any atom is -0.351 e. The van der Waals surface area contributed by atoms with Gasteiger partial charge in [0.25, 0.3) is 0 Å². The summed E-state index contributed by atoms with van der Waals surface area (Å²) in [5.41, 5.74) is -0.171. The van der Waals surface area contributed by atoms with Crippen LogP contribution in [0.3, 0.4) is 0 Å². The van der Waals surface area contributed by atoms with Crippen molar-refractivity contribution in [1.82, 2.24) is 9.62 Å². The van der Waals surface area contributed by atoms with Gasteiger partial charge < -0.3 is 5.32 Å². The zero-order chi connectivity index (χ0) is 22.1. The number of anilines is 1. The lowest BCUT2D eigenvalue weighted by Gasteiger charge is -2.47. The molecule has 1 aliphatic carbocycles. The van der Waals surface area contributed by atoms with Crippen molar-refractivity contribution in [2.24, 2.45) is 0 Å². The van der Waals surface area contributed by atoms with Gasteiger partial charge in [-0.2, -0.15) is 4.31 Å². The highest BCUT2D eigenvalue weighted by Gasteiger charge is 2.51. The summed E-state index contributed by atoms with van der Waals surface area (Å²) in [5, 5.41) is 3.55. The second kappa shape index (κ2) is 8.85. The molecule has 0 bridgehead atoms. The van der Waals surface area contributed by atoms with Gasteiger partial charge >= 0.3 is 0 Å². The van der Waals surface area contributed by atoms with Crippen LogP contribution in [0.5, 0.6) is 0 Å². The number of hydrogen-bond donors (Lipinski definition) is 1. The Morgan fingerprint density at radius 2 is 1.97 bits per heavy atom. The molecular weight excluding hydrogens is 426 g/mol. The number of halogens is 1. The van der Waals surface area contributed by atoms with E-state index in [2.05, 4.69) is 5.32 Å². The normalized spacial score (nSPS) is 23.7. The van der Waals surface area contributed by atoms with Gasteiger partial charge in [0.15, 0.2) is 0 Å². The summed E-state index contributed by atoms with van der Waals surface area (Å²) in [5.74, 6) is -0.828. The standard InChI is InChI=1S/C21H30ClN3O4S/c1-4-12-30(28,29)24-13-19(26)25(18-11-7-10-17(22)15(18)2)21(3,14-24)20(27)23-16-8-5-6-9-16/h7,10-11,16H,4-6,8-9,12-14H2,1-3H3,(H,23,27)/t21-/m1/s1. The number of sulfonamides is 1. The van der Waals surface area contributed by atoms with E-state index in [1.807, 2.05) is 0 Å². The van der Waals surface area contributed by atoms with Crippen LogP contribution in [0.25, 0.3) is 0 Å². The lowest BCUT2D eigenvalue weighted by molar-refractivity contribution is -0.133. The zero-order valence-electron chi connectivity index (χ0n) is 17.8. The van der Waals surface area contributed by atoms with Crippen LogP contribution >= 0.6 is 11.6 Å². The van der Waals surface area contributed by atoms with E-state index in [1.165, 1.54) is 4.90 Å². The lowest BCUT2D eigenvalue weighted by Crippen LogP contribution is -2.71. The average molecular weight is 456 g/mol. The van der Waals surface area contributed by atoms with Gasteiger partial charge in [-0.1, -0.05) is 37.4 Å². The minimum atomic E-state index is -3.64. The van der Waals surface area contributed by atoms with Crippen molar-refractivity contribution >= 4 is 39.1 Å². The van der Waals surface area contributed by atoms with E-state index in [0.29, 0.717) is 22.7 Å². The maximum absolute atomic E-state index is 13.5. The van der Waals surface area contributed by atoms with Crippen molar-refractivity contribution in [3.63, 3.8) is 0 Å². The molecule has 7 nitrogen and oxygen atoms in total. The average Bonchev–Trinajstić information content (AvgIpc) is 3.17. The number of carbonyl (C=O) groups excluding carboxylic acids is 2. The molecule has 9 heteroatoms. The third-order valence-corrected chi connectivity index (χ3v) is 8.43. The largest absolute Gasteiger partial charge is 0.351 e. The van der Waals surface area contributed by atoms with Gasteiger partial charge in [0, 0.05) is 23.3 Å². The Bertz CT molecular complexity index is 930. The Kier molecular flexibility index (Phi) is 6.79. The quantitative estimate of drug-likeness (QED) is 0.714. The first-order chi connectivity index (χ1) is 14.1. The van der Waals surface area contributed by atoms with Crippen molar-refractivity contribution in [3.8, 4) is 0 Å². The van der Waals surface area contributed by atoms with E-state index in [1.54, 1.807) is 39.0 Å². The van der Waals surface area contributed by atoms with Crippen LogP contribution in [-0.4, -0.2) is 55.0 Å². The molecule has 1 aliphatic heterocycles.